The summed E-state index contributed by atoms with van der Waals surface area (Å²) in [5, 5.41) is 0. The lowest BCUT2D eigenvalue weighted by molar-refractivity contribution is -0.116. The molecule has 0 aliphatic rings. The average Bonchev–Trinajstić information content (AvgIpc) is 2.26. The highest BCUT2D eigenvalue weighted by molar-refractivity contribution is 5.76. The Kier molecular flexibility index (Phi) is 7.19. The summed E-state index contributed by atoms with van der Waals surface area (Å²) in [6, 6.07) is 0. The summed E-state index contributed by atoms with van der Waals surface area (Å²) < 4.78 is 0. The lowest BCUT2D eigenvalue weighted by atomic mass is 9.94. The molecule has 0 bridgehead atoms. The highest BCUT2D eigenvalue weighted by atomic mass is 16.1. The maximum absolute atomic E-state index is 11.0. The van der Waals surface area contributed by atoms with Crippen LogP contribution in [0, 0.1) is 0 Å². The molecule has 0 saturated heterocycles. The standard InChI is InChI=1S/C15H22O/c1-6-9-14(11-10-13(5)16)15(8-3)12(4)7-2/h6-9H,1,10-11H2,2-5H3/b12-7-,14-9-,15-8-. The van der Waals surface area contributed by atoms with Gasteiger partial charge in [0.2, 0.25) is 0 Å². The predicted molar refractivity (Wildman–Crippen MR) is 71.4 cm³/mol. The molecule has 0 atom stereocenters. The van der Waals surface area contributed by atoms with E-state index in [9.17, 15) is 4.79 Å². The van der Waals surface area contributed by atoms with Crippen LogP contribution in [0.5, 0.6) is 0 Å². The molecule has 1 heteroatoms. The molecular formula is C15H22O. The van der Waals surface area contributed by atoms with E-state index in [1.807, 2.05) is 19.9 Å². The van der Waals surface area contributed by atoms with Crippen molar-refractivity contribution in [3.05, 3.63) is 47.6 Å². The Hall–Kier alpha value is -1.37. The lowest BCUT2D eigenvalue weighted by Gasteiger charge is -2.11. The zero-order valence-corrected chi connectivity index (χ0v) is 10.8. The van der Waals surface area contributed by atoms with E-state index in [0.29, 0.717) is 6.42 Å². The minimum absolute atomic E-state index is 0.226. The molecule has 0 aliphatic carbocycles. The third-order valence-electron chi connectivity index (χ3n) is 2.56. The number of allylic oxidation sites excluding steroid dienone is 7. The molecule has 0 radical (unpaired) electrons. The molecule has 0 saturated carbocycles. The highest BCUT2D eigenvalue weighted by Gasteiger charge is 2.06. The molecule has 0 unspecified atom stereocenters. The fourth-order valence-electron chi connectivity index (χ4n) is 1.58. The van der Waals surface area contributed by atoms with Crippen LogP contribution in [-0.2, 0) is 4.79 Å². The molecule has 16 heavy (non-hydrogen) atoms. The molecule has 0 aromatic carbocycles. The smallest absolute Gasteiger partial charge is 0.130 e. The van der Waals surface area contributed by atoms with Crippen molar-refractivity contribution in [1.82, 2.24) is 0 Å². The third-order valence-corrected chi connectivity index (χ3v) is 2.56. The minimum Gasteiger partial charge on any atom is -0.300 e. The van der Waals surface area contributed by atoms with Crippen molar-refractivity contribution in [2.75, 3.05) is 0 Å². The number of Topliss-reactive ketones (excluding diaryl/α,β-unsaturated/α-hetero) is 1. The largest absolute Gasteiger partial charge is 0.300 e. The Morgan fingerprint density at radius 2 is 1.75 bits per heavy atom. The van der Waals surface area contributed by atoms with E-state index in [2.05, 4.69) is 25.7 Å². The van der Waals surface area contributed by atoms with Crippen LogP contribution < -0.4 is 0 Å². The number of rotatable bonds is 6. The number of carbonyl (C=O) groups excluding carboxylic acids is 1. The van der Waals surface area contributed by atoms with E-state index in [-0.39, 0.29) is 5.78 Å². The van der Waals surface area contributed by atoms with Crippen LogP contribution in [0.1, 0.15) is 40.5 Å². The van der Waals surface area contributed by atoms with Crippen LogP contribution in [0.2, 0.25) is 0 Å². The van der Waals surface area contributed by atoms with Gasteiger partial charge in [0.05, 0.1) is 0 Å². The van der Waals surface area contributed by atoms with Gasteiger partial charge in [0.1, 0.15) is 5.78 Å². The maximum atomic E-state index is 11.0. The Bertz CT molecular complexity index is 340. The van der Waals surface area contributed by atoms with Gasteiger partial charge < -0.3 is 4.79 Å². The van der Waals surface area contributed by atoms with Gasteiger partial charge in [-0.1, -0.05) is 30.9 Å². The van der Waals surface area contributed by atoms with E-state index < -0.39 is 0 Å². The topological polar surface area (TPSA) is 17.1 Å². The maximum Gasteiger partial charge on any atom is 0.130 e. The van der Waals surface area contributed by atoms with Crippen molar-refractivity contribution < 1.29 is 4.79 Å². The fraction of sp³-hybridized carbons (Fsp3) is 0.400. The van der Waals surface area contributed by atoms with Crippen molar-refractivity contribution in [3.63, 3.8) is 0 Å². The van der Waals surface area contributed by atoms with Gasteiger partial charge in [0.15, 0.2) is 0 Å². The fourth-order valence-corrected chi connectivity index (χ4v) is 1.58. The number of ketones is 1. The quantitative estimate of drug-likeness (QED) is 0.605. The first-order valence-electron chi connectivity index (χ1n) is 5.67. The van der Waals surface area contributed by atoms with E-state index in [1.165, 1.54) is 16.7 Å². The molecular weight excluding hydrogens is 196 g/mol. The van der Waals surface area contributed by atoms with Gasteiger partial charge in [0, 0.05) is 6.42 Å². The molecule has 0 spiro atoms. The van der Waals surface area contributed by atoms with Gasteiger partial charge in [-0.05, 0) is 50.8 Å². The molecule has 88 valence electrons. The second kappa shape index (κ2) is 7.86. The van der Waals surface area contributed by atoms with E-state index in [4.69, 9.17) is 0 Å². The summed E-state index contributed by atoms with van der Waals surface area (Å²) in [6.45, 7) is 11.5. The van der Waals surface area contributed by atoms with Crippen molar-refractivity contribution in [2.24, 2.45) is 0 Å². The van der Waals surface area contributed by atoms with Crippen LogP contribution in [0.15, 0.2) is 47.6 Å². The normalized spacial score (nSPS) is 13.9. The summed E-state index contributed by atoms with van der Waals surface area (Å²) in [4.78, 5) is 11.0. The molecule has 0 aliphatic heterocycles. The number of hydrogen-bond donors (Lipinski definition) is 0. The second-order valence-corrected chi connectivity index (χ2v) is 3.80. The van der Waals surface area contributed by atoms with Crippen LogP contribution in [-0.4, -0.2) is 5.78 Å². The van der Waals surface area contributed by atoms with Crippen molar-refractivity contribution in [1.29, 1.82) is 0 Å². The van der Waals surface area contributed by atoms with Crippen LogP contribution in [0.25, 0.3) is 0 Å². The summed E-state index contributed by atoms with van der Waals surface area (Å²) in [7, 11) is 0. The Labute approximate surface area is 99.3 Å². The molecule has 0 aromatic heterocycles. The van der Waals surface area contributed by atoms with Gasteiger partial charge in [-0.25, -0.2) is 0 Å². The summed E-state index contributed by atoms with van der Waals surface area (Å²) in [5.41, 5.74) is 3.63. The number of carbonyl (C=O) groups is 1. The SMILES string of the molecule is C=C\C=C(CCC(C)=O)/C(=C\C)C(/C)=C\C. The number of hydrogen-bond acceptors (Lipinski definition) is 1. The molecule has 0 heterocycles. The molecule has 0 N–H and O–H groups in total. The zero-order chi connectivity index (χ0) is 12.6. The van der Waals surface area contributed by atoms with Gasteiger partial charge in [-0.15, -0.1) is 0 Å². The first-order chi connectivity index (χ1) is 7.56. The van der Waals surface area contributed by atoms with Crippen LogP contribution >= 0.6 is 0 Å². The average molecular weight is 218 g/mol. The molecule has 0 amide bonds. The summed E-state index contributed by atoms with van der Waals surface area (Å²) >= 11 is 0. The van der Waals surface area contributed by atoms with Crippen molar-refractivity contribution in [3.8, 4) is 0 Å². The molecule has 0 rings (SSSR count). The first-order valence-corrected chi connectivity index (χ1v) is 5.67. The Balaban J connectivity index is 4.97. The zero-order valence-electron chi connectivity index (χ0n) is 10.8. The Morgan fingerprint density at radius 1 is 1.12 bits per heavy atom. The Morgan fingerprint density at radius 3 is 2.12 bits per heavy atom. The lowest BCUT2D eigenvalue weighted by Crippen LogP contribution is -1.96. The third kappa shape index (κ3) is 4.92. The van der Waals surface area contributed by atoms with Crippen LogP contribution in [0.3, 0.4) is 0 Å². The van der Waals surface area contributed by atoms with E-state index >= 15 is 0 Å². The van der Waals surface area contributed by atoms with Gasteiger partial charge in [0.25, 0.3) is 0 Å². The van der Waals surface area contributed by atoms with E-state index in [0.717, 1.165) is 6.42 Å². The highest BCUT2D eigenvalue weighted by Crippen LogP contribution is 2.23. The summed E-state index contributed by atoms with van der Waals surface area (Å²) in [5.74, 6) is 0.226. The minimum atomic E-state index is 0.226. The predicted octanol–water partition coefficient (Wildman–Crippen LogP) is 4.38. The molecule has 0 aromatic rings. The van der Waals surface area contributed by atoms with Crippen LogP contribution in [0.4, 0.5) is 0 Å². The van der Waals surface area contributed by atoms with Gasteiger partial charge in [-0.3, -0.25) is 0 Å². The first kappa shape index (κ1) is 14.6. The molecule has 1 nitrogen and oxygen atoms in total. The van der Waals surface area contributed by atoms with Gasteiger partial charge in [-0.2, -0.15) is 0 Å². The van der Waals surface area contributed by atoms with Crippen molar-refractivity contribution >= 4 is 5.78 Å². The van der Waals surface area contributed by atoms with Gasteiger partial charge >= 0.3 is 0 Å². The molecule has 0 fully saturated rings. The monoisotopic (exact) mass is 218 g/mol. The second-order valence-electron chi connectivity index (χ2n) is 3.80. The van der Waals surface area contributed by atoms with Crippen molar-refractivity contribution in [2.45, 2.75) is 40.5 Å². The van der Waals surface area contributed by atoms with E-state index in [1.54, 1.807) is 13.0 Å². The summed E-state index contributed by atoms with van der Waals surface area (Å²) in [6.07, 6.45) is 9.32.